The van der Waals surface area contributed by atoms with E-state index in [-0.39, 0.29) is 0 Å². The summed E-state index contributed by atoms with van der Waals surface area (Å²) in [6.07, 6.45) is 2.91. The van der Waals surface area contributed by atoms with Crippen molar-refractivity contribution in [3.05, 3.63) is 107 Å². The molecule has 172 valence electrons. The highest BCUT2D eigenvalue weighted by atomic mass is 15.1. The lowest BCUT2D eigenvalue weighted by atomic mass is 10.0. The first kappa shape index (κ1) is 21.6. The average molecular weight is 456 g/mol. The van der Waals surface area contributed by atoms with E-state index in [1.807, 2.05) is 6.92 Å². The number of rotatable bonds is 7. The fourth-order valence-corrected chi connectivity index (χ4v) is 5.64. The minimum Gasteiger partial charge on any atom is -0.341 e. The van der Waals surface area contributed by atoms with E-state index in [4.69, 9.17) is 0 Å². The lowest BCUT2D eigenvalue weighted by Crippen LogP contribution is -2.22. The second-order valence-electron chi connectivity index (χ2n) is 9.24. The fraction of sp³-hybridized carbons (Fsp3) is 0.219. The molecule has 3 nitrogen and oxygen atoms in total. The molecule has 0 unspecified atom stereocenters. The van der Waals surface area contributed by atoms with E-state index in [0.717, 1.165) is 38.9 Å². The van der Waals surface area contributed by atoms with Crippen molar-refractivity contribution in [3.63, 3.8) is 0 Å². The molecule has 4 aromatic rings. The lowest BCUT2D eigenvalue weighted by molar-refractivity contribution is 0.816. The third-order valence-electron chi connectivity index (χ3n) is 7.18. The van der Waals surface area contributed by atoms with Gasteiger partial charge in [-0.1, -0.05) is 72.8 Å². The molecule has 2 aliphatic carbocycles. The number of hydrogen-bond donors (Lipinski definition) is 0. The monoisotopic (exact) mass is 455 g/mol. The second kappa shape index (κ2) is 9.37. The van der Waals surface area contributed by atoms with Crippen LogP contribution in [0.3, 0.4) is 0 Å². The maximum atomic E-state index is 4.39. The minimum absolute atomic E-state index is 0.725. The van der Waals surface area contributed by atoms with Crippen molar-refractivity contribution >= 4 is 17.4 Å². The fourth-order valence-electron chi connectivity index (χ4n) is 5.64. The van der Waals surface area contributed by atoms with Crippen LogP contribution < -0.4 is 4.90 Å². The van der Waals surface area contributed by atoms with Crippen LogP contribution >= 0.6 is 0 Å². The SMILES string of the molecule is CCN=C=NCCCN(c1cccc2c1Cc1ccccc1-2)c1cccc2c1Cc1ccccc1-2. The molecule has 4 aromatic carbocycles. The summed E-state index contributed by atoms with van der Waals surface area (Å²) in [5.74, 6) is 0. The van der Waals surface area contributed by atoms with Crippen LogP contribution in [-0.2, 0) is 12.8 Å². The van der Waals surface area contributed by atoms with E-state index in [9.17, 15) is 0 Å². The van der Waals surface area contributed by atoms with E-state index in [1.54, 1.807) is 0 Å². The molecule has 0 spiro atoms. The van der Waals surface area contributed by atoms with Gasteiger partial charge in [0.15, 0.2) is 0 Å². The van der Waals surface area contributed by atoms with Gasteiger partial charge in [-0.15, -0.1) is 0 Å². The van der Waals surface area contributed by atoms with Gasteiger partial charge >= 0.3 is 0 Å². The predicted octanol–water partition coefficient (Wildman–Crippen LogP) is 7.55. The molecule has 0 N–H and O–H groups in total. The molecule has 0 saturated heterocycles. The third-order valence-corrected chi connectivity index (χ3v) is 7.18. The number of nitrogens with zero attached hydrogens (tertiary/aromatic N) is 3. The normalized spacial score (nSPS) is 12.3. The van der Waals surface area contributed by atoms with Gasteiger partial charge in [0.25, 0.3) is 0 Å². The highest BCUT2D eigenvalue weighted by Crippen LogP contribution is 2.46. The van der Waals surface area contributed by atoms with Crippen LogP contribution in [0.25, 0.3) is 22.3 Å². The number of benzene rings is 4. The van der Waals surface area contributed by atoms with Gasteiger partial charge in [-0.2, -0.15) is 0 Å². The molecule has 0 amide bonds. The molecule has 0 bridgehead atoms. The molecule has 0 aliphatic heterocycles. The first-order valence-corrected chi connectivity index (χ1v) is 12.6. The number of hydrogen-bond acceptors (Lipinski definition) is 3. The lowest BCUT2D eigenvalue weighted by Gasteiger charge is -2.29. The van der Waals surface area contributed by atoms with Crippen LogP contribution in [0.4, 0.5) is 11.4 Å². The Morgan fingerprint density at radius 3 is 1.77 bits per heavy atom. The summed E-state index contributed by atoms with van der Waals surface area (Å²) in [4.78, 5) is 11.0. The number of anilines is 2. The van der Waals surface area contributed by atoms with Gasteiger partial charge in [0.1, 0.15) is 0 Å². The summed E-state index contributed by atoms with van der Waals surface area (Å²) >= 11 is 0. The third kappa shape index (κ3) is 3.88. The predicted molar refractivity (Wildman–Crippen MR) is 146 cm³/mol. The van der Waals surface area contributed by atoms with Gasteiger partial charge in [0, 0.05) is 37.3 Å². The van der Waals surface area contributed by atoms with E-state index in [2.05, 4.69) is 106 Å². The Kier molecular flexibility index (Phi) is 5.78. The van der Waals surface area contributed by atoms with E-state index in [0.29, 0.717) is 0 Å². The van der Waals surface area contributed by atoms with Crippen LogP contribution in [0.5, 0.6) is 0 Å². The second-order valence-corrected chi connectivity index (χ2v) is 9.24. The van der Waals surface area contributed by atoms with Crippen molar-refractivity contribution in [2.45, 2.75) is 26.2 Å². The van der Waals surface area contributed by atoms with Crippen LogP contribution in [-0.4, -0.2) is 25.6 Å². The van der Waals surface area contributed by atoms with Crippen molar-refractivity contribution in [1.29, 1.82) is 0 Å². The molecule has 0 atom stereocenters. The minimum atomic E-state index is 0.725. The van der Waals surface area contributed by atoms with Crippen LogP contribution in [0.1, 0.15) is 35.6 Å². The van der Waals surface area contributed by atoms with Gasteiger partial charge in [-0.25, -0.2) is 9.98 Å². The average Bonchev–Trinajstić information content (AvgIpc) is 3.47. The maximum Gasteiger partial charge on any atom is 0.0892 e. The summed E-state index contributed by atoms with van der Waals surface area (Å²) in [6.45, 7) is 4.36. The zero-order valence-corrected chi connectivity index (χ0v) is 20.2. The molecule has 0 heterocycles. The molecule has 2 aliphatic rings. The van der Waals surface area contributed by atoms with Gasteiger partial charge < -0.3 is 4.90 Å². The summed E-state index contributed by atoms with van der Waals surface area (Å²) < 4.78 is 0. The van der Waals surface area contributed by atoms with Crippen LogP contribution in [0.2, 0.25) is 0 Å². The Morgan fingerprint density at radius 2 is 1.20 bits per heavy atom. The number of aliphatic imine (C=N–C) groups is 2. The van der Waals surface area contributed by atoms with Gasteiger partial charge in [0.2, 0.25) is 0 Å². The largest absolute Gasteiger partial charge is 0.341 e. The molecule has 35 heavy (non-hydrogen) atoms. The van der Waals surface area contributed by atoms with Crippen molar-refractivity contribution in [2.75, 3.05) is 24.5 Å². The molecular weight excluding hydrogens is 426 g/mol. The van der Waals surface area contributed by atoms with Crippen LogP contribution in [0.15, 0.2) is 94.9 Å². The Balaban J connectivity index is 1.43. The van der Waals surface area contributed by atoms with Crippen LogP contribution in [0, 0.1) is 0 Å². The number of fused-ring (bicyclic) bond motifs is 6. The summed E-state index contributed by atoms with van der Waals surface area (Å²) in [7, 11) is 0. The van der Waals surface area contributed by atoms with E-state index < -0.39 is 0 Å². The summed E-state index contributed by atoms with van der Waals surface area (Å²) in [5.41, 5.74) is 13.8. The van der Waals surface area contributed by atoms with Crippen molar-refractivity contribution in [3.8, 4) is 22.3 Å². The molecule has 0 radical (unpaired) electrons. The van der Waals surface area contributed by atoms with E-state index >= 15 is 0 Å². The first-order chi connectivity index (χ1) is 17.3. The van der Waals surface area contributed by atoms with Gasteiger partial charge in [0.05, 0.1) is 12.6 Å². The first-order valence-electron chi connectivity index (χ1n) is 12.6. The highest BCUT2D eigenvalue weighted by Gasteiger charge is 2.27. The smallest absolute Gasteiger partial charge is 0.0892 e. The Bertz CT molecular complexity index is 1360. The standard InChI is InChI=1S/C32H29N3/c1-2-33-22-34-18-9-19-35(31-16-7-14-27-25-12-5-3-10-23(25)20-29(27)31)32-17-8-15-28-26-13-6-4-11-24(26)21-30(28)32/h3-8,10-17H,2,9,18-21H2,1H3. The zero-order valence-electron chi connectivity index (χ0n) is 20.2. The Hall–Kier alpha value is -3.94. The molecular formula is C32H29N3. The quantitative estimate of drug-likeness (QED) is 0.180. The zero-order chi connectivity index (χ0) is 23.6. The van der Waals surface area contributed by atoms with E-state index in [1.165, 1.54) is 55.9 Å². The maximum absolute atomic E-state index is 4.39. The molecule has 6 rings (SSSR count). The van der Waals surface area contributed by atoms with Crippen molar-refractivity contribution < 1.29 is 0 Å². The Labute approximate surface area is 207 Å². The van der Waals surface area contributed by atoms with Crippen molar-refractivity contribution in [2.24, 2.45) is 9.98 Å². The molecule has 0 fully saturated rings. The summed E-state index contributed by atoms with van der Waals surface area (Å²) in [5, 5.41) is 0. The topological polar surface area (TPSA) is 28.0 Å². The Morgan fingerprint density at radius 1 is 0.657 bits per heavy atom. The van der Waals surface area contributed by atoms with Crippen molar-refractivity contribution in [1.82, 2.24) is 0 Å². The molecule has 3 heteroatoms. The molecule has 0 saturated carbocycles. The molecule has 0 aromatic heterocycles. The van der Waals surface area contributed by atoms with Gasteiger partial charge in [-0.05, 0) is 70.0 Å². The highest BCUT2D eigenvalue weighted by molar-refractivity contribution is 5.88. The van der Waals surface area contributed by atoms with Gasteiger partial charge in [-0.3, -0.25) is 0 Å². The summed E-state index contributed by atoms with van der Waals surface area (Å²) in [6, 6.07) is 34.1.